The van der Waals surface area contributed by atoms with Gasteiger partial charge < -0.3 is 0 Å². The molecule has 3 rings (SSSR count). The molecule has 0 saturated heterocycles. The fourth-order valence-corrected chi connectivity index (χ4v) is 2.62. The molecule has 0 amide bonds. The normalized spacial score (nSPS) is 10.7. The van der Waals surface area contributed by atoms with Crippen LogP contribution in [0.15, 0.2) is 42.5 Å². The van der Waals surface area contributed by atoms with E-state index in [0.29, 0.717) is 12.2 Å². The molecular weight excluding hydrogens is 260 g/mol. The molecule has 4 nitrogen and oxygen atoms in total. The molecule has 1 heterocycles. The van der Waals surface area contributed by atoms with E-state index in [1.165, 1.54) is 16.3 Å². The monoisotopic (exact) mass is 276 g/mol. The van der Waals surface area contributed by atoms with Crippen LogP contribution in [0.1, 0.15) is 30.3 Å². The second kappa shape index (κ2) is 5.76. The van der Waals surface area contributed by atoms with Crippen molar-refractivity contribution in [3.05, 3.63) is 59.4 Å². The molecule has 4 heteroatoms. The first-order valence-corrected chi connectivity index (χ1v) is 7.12. The number of nitrogens with zero attached hydrogens (tertiary/aromatic N) is 4. The Labute approximate surface area is 123 Å². The number of hydrogen-bond acceptors (Lipinski definition) is 3. The second-order valence-corrected chi connectivity index (χ2v) is 5.04. The van der Waals surface area contributed by atoms with Crippen molar-refractivity contribution in [1.82, 2.24) is 15.0 Å². The molecule has 0 unspecified atom stereocenters. The van der Waals surface area contributed by atoms with Crippen molar-refractivity contribution < 1.29 is 0 Å². The van der Waals surface area contributed by atoms with Gasteiger partial charge in [0.2, 0.25) is 0 Å². The highest BCUT2D eigenvalue weighted by atomic mass is 15.4. The SMILES string of the molecule is CCCc1c(C#N)nnn1Cc1cccc2ccccc12. The summed E-state index contributed by atoms with van der Waals surface area (Å²) in [5, 5.41) is 19.7. The van der Waals surface area contributed by atoms with Gasteiger partial charge in [-0.1, -0.05) is 61.0 Å². The number of nitriles is 1. The fourth-order valence-electron chi connectivity index (χ4n) is 2.62. The minimum Gasteiger partial charge on any atom is -0.244 e. The molecule has 2 aromatic carbocycles. The Morgan fingerprint density at radius 3 is 2.76 bits per heavy atom. The highest BCUT2D eigenvalue weighted by molar-refractivity contribution is 5.85. The van der Waals surface area contributed by atoms with Gasteiger partial charge in [-0.25, -0.2) is 4.68 Å². The molecule has 0 saturated carbocycles. The van der Waals surface area contributed by atoms with Gasteiger partial charge in [0.25, 0.3) is 0 Å². The van der Waals surface area contributed by atoms with Gasteiger partial charge in [0, 0.05) is 0 Å². The van der Waals surface area contributed by atoms with Gasteiger partial charge in [-0.3, -0.25) is 0 Å². The molecule has 0 aliphatic carbocycles. The summed E-state index contributed by atoms with van der Waals surface area (Å²) in [6, 6.07) is 16.7. The first-order valence-electron chi connectivity index (χ1n) is 7.12. The quantitative estimate of drug-likeness (QED) is 0.734. The Morgan fingerprint density at radius 1 is 1.14 bits per heavy atom. The molecule has 0 aliphatic heterocycles. The molecule has 0 aliphatic rings. The van der Waals surface area contributed by atoms with Crippen LogP contribution >= 0.6 is 0 Å². The maximum Gasteiger partial charge on any atom is 0.185 e. The zero-order valence-electron chi connectivity index (χ0n) is 12.0. The molecule has 0 spiro atoms. The largest absolute Gasteiger partial charge is 0.244 e. The van der Waals surface area contributed by atoms with Crippen LogP contribution in [-0.2, 0) is 13.0 Å². The Kier molecular flexibility index (Phi) is 3.65. The molecule has 21 heavy (non-hydrogen) atoms. The van der Waals surface area contributed by atoms with E-state index in [0.717, 1.165) is 18.5 Å². The molecule has 0 atom stereocenters. The van der Waals surface area contributed by atoms with Crippen LogP contribution < -0.4 is 0 Å². The van der Waals surface area contributed by atoms with E-state index in [9.17, 15) is 0 Å². The first-order chi connectivity index (χ1) is 10.3. The van der Waals surface area contributed by atoms with Crippen LogP contribution in [-0.4, -0.2) is 15.0 Å². The molecule has 3 aromatic rings. The molecule has 1 aromatic heterocycles. The van der Waals surface area contributed by atoms with Crippen LogP contribution in [0.4, 0.5) is 0 Å². The smallest absolute Gasteiger partial charge is 0.185 e. The van der Waals surface area contributed by atoms with Gasteiger partial charge in [-0.05, 0) is 22.8 Å². The summed E-state index contributed by atoms with van der Waals surface area (Å²) in [6.45, 7) is 2.74. The maximum atomic E-state index is 9.13. The Bertz CT molecular complexity index is 806. The highest BCUT2D eigenvalue weighted by Gasteiger charge is 2.12. The van der Waals surface area contributed by atoms with Crippen molar-refractivity contribution in [2.24, 2.45) is 0 Å². The van der Waals surface area contributed by atoms with Crippen LogP contribution in [0.2, 0.25) is 0 Å². The lowest BCUT2D eigenvalue weighted by Gasteiger charge is -2.09. The van der Waals surface area contributed by atoms with Crippen molar-refractivity contribution in [2.45, 2.75) is 26.3 Å². The number of benzene rings is 2. The van der Waals surface area contributed by atoms with Gasteiger partial charge in [-0.2, -0.15) is 5.26 Å². The van der Waals surface area contributed by atoms with Crippen molar-refractivity contribution in [2.75, 3.05) is 0 Å². The topological polar surface area (TPSA) is 54.5 Å². The third-order valence-corrected chi connectivity index (χ3v) is 3.63. The molecular formula is C17H16N4. The van der Waals surface area contributed by atoms with E-state index in [1.807, 2.05) is 16.8 Å². The van der Waals surface area contributed by atoms with E-state index >= 15 is 0 Å². The zero-order chi connectivity index (χ0) is 14.7. The van der Waals surface area contributed by atoms with Crippen LogP contribution in [0, 0.1) is 11.3 Å². The van der Waals surface area contributed by atoms with E-state index < -0.39 is 0 Å². The van der Waals surface area contributed by atoms with Crippen LogP contribution in [0.3, 0.4) is 0 Å². The summed E-state index contributed by atoms with van der Waals surface area (Å²) in [7, 11) is 0. The van der Waals surface area contributed by atoms with Gasteiger partial charge >= 0.3 is 0 Å². The second-order valence-electron chi connectivity index (χ2n) is 5.04. The minimum absolute atomic E-state index is 0.442. The molecule has 0 fully saturated rings. The van der Waals surface area contributed by atoms with E-state index in [2.05, 4.69) is 53.6 Å². The molecule has 0 radical (unpaired) electrons. The third kappa shape index (κ3) is 2.50. The first kappa shape index (κ1) is 13.3. The van der Waals surface area contributed by atoms with Gasteiger partial charge in [-0.15, -0.1) is 5.10 Å². The number of rotatable bonds is 4. The maximum absolute atomic E-state index is 9.13. The summed E-state index contributed by atoms with van der Waals surface area (Å²) < 4.78 is 1.85. The lowest BCUT2D eigenvalue weighted by molar-refractivity contribution is 0.615. The third-order valence-electron chi connectivity index (χ3n) is 3.63. The summed E-state index contributed by atoms with van der Waals surface area (Å²) in [4.78, 5) is 0. The minimum atomic E-state index is 0.442. The summed E-state index contributed by atoms with van der Waals surface area (Å²) in [5.74, 6) is 0. The standard InChI is InChI=1S/C17H16N4/c1-2-6-17-16(11-18)19-20-21(17)12-14-9-5-8-13-7-3-4-10-15(13)14/h3-5,7-10H,2,6,12H2,1H3. The average Bonchev–Trinajstić information content (AvgIpc) is 2.90. The predicted octanol–water partition coefficient (Wildman–Crippen LogP) is 3.30. The highest BCUT2D eigenvalue weighted by Crippen LogP contribution is 2.20. The zero-order valence-corrected chi connectivity index (χ0v) is 12.0. The summed E-state index contributed by atoms with van der Waals surface area (Å²) in [5.41, 5.74) is 2.56. The number of aromatic nitrogens is 3. The van der Waals surface area contributed by atoms with Crippen LogP contribution in [0.25, 0.3) is 10.8 Å². The Hall–Kier alpha value is -2.67. The Balaban J connectivity index is 2.03. The molecule has 0 bridgehead atoms. The average molecular weight is 276 g/mol. The number of fused-ring (bicyclic) bond motifs is 1. The fraction of sp³-hybridized carbons (Fsp3) is 0.235. The van der Waals surface area contributed by atoms with Gasteiger partial charge in [0.05, 0.1) is 12.2 Å². The Morgan fingerprint density at radius 2 is 1.95 bits per heavy atom. The lowest BCUT2D eigenvalue weighted by Crippen LogP contribution is -2.07. The molecule has 104 valence electrons. The van der Waals surface area contributed by atoms with Crippen molar-refractivity contribution in [1.29, 1.82) is 5.26 Å². The van der Waals surface area contributed by atoms with E-state index in [4.69, 9.17) is 5.26 Å². The van der Waals surface area contributed by atoms with Crippen molar-refractivity contribution in [3.8, 4) is 6.07 Å². The summed E-state index contributed by atoms with van der Waals surface area (Å²) in [6.07, 6.45) is 1.79. The number of hydrogen-bond donors (Lipinski definition) is 0. The van der Waals surface area contributed by atoms with E-state index in [1.54, 1.807) is 0 Å². The van der Waals surface area contributed by atoms with Gasteiger partial charge in [0.1, 0.15) is 6.07 Å². The van der Waals surface area contributed by atoms with Crippen molar-refractivity contribution >= 4 is 10.8 Å². The van der Waals surface area contributed by atoms with E-state index in [-0.39, 0.29) is 0 Å². The molecule has 0 N–H and O–H groups in total. The van der Waals surface area contributed by atoms with Crippen LogP contribution in [0.5, 0.6) is 0 Å². The predicted molar refractivity (Wildman–Crippen MR) is 81.8 cm³/mol. The summed E-state index contributed by atoms with van der Waals surface area (Å²) >= 11 is 0. The van der Waals surface area contributed by atoms with Gasteiger partial charge in [0.15, 0.2) is 5.69 Å². The lowest BCUT2D eigenvalue weighted by atomic mass is 10.0. The van der Waals surface area contributed by atoms with Crippen molar-refractivity contribution in [3.63, 3.8) is 0 Å².